The first-order chi connectivity index (χ1) is 17.0. The Labute approximate surface area is 207 Å². The molecular weight excluding hydrogens is 458 g/mol. The number of fused-ring (bicyclic) bond motifs is 1. The van der Waals surface area contributed by atoms with Crippen LogP contribution in [0.5, 0.6) is 5.75 Å². The van der Waals surface area contributed by atoms with Gasteiger partial charge in [-0.25, -0.2) is 4.98 Å². The molecule has 0 bridgehead atoms. The van der Waals surface area contributed by atoms with E-state index < -0.39 is 0 Å². The Hall–Kier alpha value is -3.91. The van der Waals surface area contributed by atoms with Crippen molar-refractivity contribution in [2.24, 2.45) is 0 Å². The van der Waals surface area contributed by atoms with E-state index in [1.165, 1.54) is 11.8 Å². The quantitative estimate of drug-likeness (QED) is 0.305. The third kappa shape index (κ3) is 4.70. The van der Waals surface area contributed by atoms with E-state index in [4.69, 9.17) is 4.74 Å². The standard InChI is InChI=1S/C27H25N5O2S/c1-17-10-9-11-18(2)24(17)34-16-23-30-31-27(32(23)20-12-5-4-6-13-20)35-19(3)25-28-22-15-8-7-14-21(22)26(33)29-25/h4-15,19H,16H2,1-3H3,(H,28,29,33). The molecule has 5 rings (SSSR count). The Morgan fingerprint density at radius 2 is 1.66 bits per heavy atom. The molecule has 3 aromatic carbocycles. The van der Waals surface area contributed by atoms with E-state index in [0.717, 1.165) is 22.6 Å². The smallest absolute Gasteiger partial charge is 0.258 e. The molecule has 0 spiro atoms. The Kier molecular flexibility index (Phi) is 6.37. The molecule has 0 aliphatic heterocycles. The van der Waals surface area contributed by atoms with E-state index in [1.54, 1.807) is 6.07 Å². The lowest BCUT2D eigenvalue weighted by Crippen LogP contribution is -2.13. The highest BCUT2D eigenvalue weighted by Crippen LogP contribution is 2.34. The molecular formula is C27H25N5O2S. The summed E-state index contributed by atoms with van der Waals surface area (Å²) in [6.07, 6.45) is 0. The Bertz CT molecular complexity index is 1520. The van der Waals surface area contributed by atoms with Gasteiger partial charge in [-0.15, -0.1) is 10.2 Å². The Morgan fingerprint density at radius 1 is 0.943 bits per heavy atom. The number of ether oxygens (including phenoxy) is 1. The zero-order valence-electron chi connectivity index (χ0n) is 19.7. The summed E-state index contributed by atoms with van der Waals surface area (Å²) in [5.41, 5.74) is 3.61. The summed E-state index contributed by atoms with van der Waals surface area (Å²) in [4.78, 5) is 20.2. The van der Waals surface area contributed by atoms with Crippen molar-refractivity contribution in [1.82, 2.24) is 24.7 Å². The minimum absolute atomic E-state index is 0.148. The summed E-state index contributed by atoms with van der Waals surface area (Å²) < 4.78 is 8.18. The fourth-order valence-electron chi connectivity index (χ4n) is 3.98. The number of nitrogens with zero attached hydrogens (tertiary/aromatic N) is 4. The molecule has 1 atom stereocenters. The average molecular weight is 484 g/mol. The van der Waals surface area contributed by atoms with Crippen LogP contribution < -0.4 is 10.3 Å². The second kappa shape index (κ2) is 9.76. The number of hydrogen-bond donors (Lipinski definition) is 1. The van der Waals surface area contributed by atoms with Crippen LogP contribution in [-0.4, -0.2) is 24.7 Å². The number of aryl methyl sites for hydroxylation is 2. The predicted octanol–water partition coefficient (Wildman–Crippen LogP) is 5.55. The van der Waals surface area contributed by atoms with Gasteiger partial charge in [-0.3, -0.25) is 9.36 Å². The Balaban J connectivity index is 1.47. The van der Waals surface area contributed by atoms with Crippen LogP contribution in [0.4, 0.5) is 0 Å². The first-order valence-electron chi connectivity index (χ1n) is 11.4. The second-order valence-corrected chi connectivity index (χ2v) is 9.62. The molecule has 2 aromatic heterocycles. The zero-order chi connectivity index (χ0) is 24.4. The van der Waals surface area contributed by atoms with Crippen molar-refractivity contribution in [3.05, 3.63) is 106 Å². The van der Waals surface area contributed by atoms with Crippen molar-refractivity contribution in [2.45, 2.75) is 37.8 Å². The van der Waals surface area contributed by atoms with Crippen LogP contribution in [0.3, 0.4) is 0 Å². The molecule has 0 saturated carbocycles. The molecule has 0 amide bonds. The zero-order valence-corrected chi connectivity index (χ0v) is 20.5. The molecule has 7 nitrogen and oxygen atoms in total. The summed E-state index contributed by atoms with van der Waals surface area (Å²) in [6, 6.07) is 23.4. The molecule has 1 unspecified atom stereocenters. The van der Waals surface area contributed by atoms with Gasteiger partial charge in [0, 0.05) is 5.69 Å². The van der Waals surface area contributed by atoms with E-state index in [9.17, 15) is 4.79 Å². The molecule has 0 aliphatic carbocycles. The maximum absolute atomic E-state index is 12.6. The van der Waals surface area contributed by atoms with Gasteiger partial charge in [-0.2, -0.15) is 0 Å². The van der Waals surface area contributed by atoms with Gasteiger partial charge < -0.3 is 9.72 Å². The third-order valence-electron chi connectivity index (χ3n) is 5.77. The van der Waals surface area contributed by atoms with Crippen molar-refractivity contribution in [2.75, 3.05) is 0 Å². The highest BCUT2D eigenvalue weighted by molar-refractivity contribution is 7.99. The first-order valence-corrected chi connectivity index (χ1v) is 12.2. The minimum atomic E-state index is -0.161. The highest BCUT2D eigenvalue weighted by Gasteiger charge is 2.20. The van der Waals surface area contributed by atoms with Gasteiger partial charge >= 0.3 is 0 Å². The van der Waals surface area contributed by atoms with Crippen LogP contribution in [0.25, 0.3) is 16.6 Å². The van der Waals surface area contributed by atoms with Crippen LogP contribution in [0.2, 0.25) is 0 Å². The number of thioether (sulfide) groups is 1. The maximum atomic E-state index is 12.6. The van der Waals surface area contributed by atoms with Crippen molar-refractivity contribution in [1.29, 1.82) is 0 Å². The number of nitrogens with one attached hydrogen (secondary N) is 1. The molecule has 0 saturated heterocycles. The lowest BCUT2D eigenvalue weighted by Gasteiger charge is -2.15. The van der Waals surface area contributed by atoms with Crippen molar-refractivity contribution < 1.29 is 4.74 Å². The number of para-hydroxylation sites is 3. The fourth-order valence-corrected chi connectivity index (χ4v) is 4.92. The summed E-state index contributed by atoms with van der Waals surface area (Å²) in [5.74, 6) is 2.14. The van der Waals surface area contributed by atoms with E-state index in [0.29, 0.717) is 27.7 Å². The molecule has 176 valence electrons. The maximum Gasteiger partial charge on any atom is 0.258 e. The van der Waals surface area contributed by atoms with Gasteiger partial charge in [0.2, 0.25) is 0 Å². The van der Waals surface area contributed by atoms with E-state index in [2.05, 4.69) is 20.2 Å². The van der Waals surface area contributed by atoms with Crippen molar-refractivity contribution in [3.63, 3.8) is 0 Å². The first kappa shape index (κ1) is 22.9. The SMILES string of the molecule is Cc1cccc(C)c1OCc1nnc(SC(C)c2nc3ccccc3c(=O)[nH]2)n1-c1ccccc1. The lowest BCUT2D eigenvalue weighted by molar-refractivity contribution is 0.289. The molecule has 5 aromatic rings. The number of benzene rings is 3. The van der Waals surface area contributed by atoms with Gasteiger partial charge in [0.15, 0.2) is 11.0 Å². The number of hydrogen-bond acceptors (Lipinski definition) is 6. The van der Waals surface area contributed by atoms with Gasteiger partial charge in [0.1, 0.15) is 18.2 Å². The number of rotatable bonds is 7. The van der Waals surface area contributed by atoms with Crippen LogP contribution in [0.1, 0.15) is 34.9 Å². The third-order valence-corrected chi connectivity index (χ3v) is 6.82. The topological polar surface area (TPSA) is 85.7 Å². The van der Waals surface area contributed by atoms with Crippen molar-refractivity contribution >= 4 is 22.7 Å². The number of aromatic nitrogens is 5. The summed E-state index contributed by atoms with van der Waals surface area (Å²) in [5, 5.41) is 10.0. The molecule has 1 N–H and O–H groups in total. The van der Waals surface area contributed by atoms with Gasteiger partial charge in [0.25, 0.3) is 5.56 Å². The molecule has 0 radical (unpaired) electrons. The van der Waals surface area contributed by atoms with E-state index in [-0.39, 0.29) is 17.4 Å². The fraction of sp³-hybridized carbons (Fsp3) is 0.185. The molecule has 35 heavy (non-hydrogen) atoms. The molecule has 2 heterocycles. The van der Waals surface area contributed by atoms with Crippen LogP contribution in [0, 0.1) is 13.8 Å². The second-order valence-electron chi connectivity index (χ2n) is 8.31. The predicted molar refractivity (Wildman–Crippen MR) is 138 cm³/mol. The monoisotopic (exact) mass is 483 g/mol. The van der Waals surface area contributed by atoms with Gasteiger partial charge in [-0.05, 0) is 56.2 Å². The number of aromatic amines is 1. The summed E-state index contributed by atoms with van der Waals surface area (Å²) in [7, 11) is 0. The lowest BCUT2D eigenvalue weighted by atomic mass is 10.1. The molecule has 0 aliphatic rings. The summed E-state index contributed by atoms with van der Waals surface area (Å²) in [6.45, 7) is 6.33. The largest absolute Gasteiger partial charge is 0.485 e. The summed E-state index contributed by atoms with van der Waals surface area (Å²) >= 11 is 1.49. The van der Waals surface area contributed by atoms with E-state index >= 15 is 0 Å². The normalized spacial score (nSPS) is 12.1. The van der Waals surface area contributed by atoms with Gasteiger partial charge in [-0.1, -0.05) is 60.3 Å². The molecule has 0 fully saturated rings. The van der Waals surface area contributed by atoms with Crippen molar-refractivity contribution in [3.8, 4) is 11.4 Å². The average Bonchev–Trinajstić information content (AvgIpc) is 3.26. The van der Waals surface area contributed by atoms with E-state index in [1.807, 2.05) is 92.1 Å². The van der Waals surface area contributed by atoms with Crippen LogP contribution in [-0.2, 0) is 6.61 Å². The van der Waals surface area contributed by atoms with Crippen LogP contribution in [0.15, 0.2) is 82.7 Å². The van der Waals surface area contributed by atoms with Gasteiger partial charge in [0.05, 0.1) is 16.2 Å². The molecule has 8 heteroatoms. The van der Waals surface area contributed by atoms with Crippen LogP contribution >= 0.6 is 11.8 Å². The minimum Gasteiger partial charge on any atom is -0.485 e. The Morgan fingerprint density at radius 3 is 2.43 bits per heavy atom. The number of H-pyrrole nitrogens is 1. The highest BCUT2D eigenvalue weighted by atomic mass is 32.2.